The fraction of sp³-hybridized carbons (Fsp3) is 0.250. The third-order valence-corrected chi connectivity index (χ3v) is 2.07. The Balaban J connectivity index is 2.82. The summed E-state index contributed by atoms with van der Waals surface area (Å²) in [5.41, 5.74) is 0.811. The van der Waals surface area contributed by atoms with E-state index >= 15 is 0 Å². The number of rotatable bonds is 2. The minimum absolute atomic E-state index is 0.113. The van der Waals surface area contributed by atoms with E-state index in [0.29, 0.717) is 0 Å². The van der Waals surface area contributed by atoms with Gasteiger partial charge in [0.05, 0.1) is 5.75 Å². The Morgan fingerprint density at radius 2 is 1.91 bits per heavy atom. The van der Waals surface area contributed by atoms with Gasteiger partial charge in [-0.25, -0.2) is 8.42 Å². The highest BCUT2D eigenvalue weighted by Crippen LogP contribution is 2.02. The van der Waals surface area contributed by atoms with Gasteiger partial charge in [0.15, 0.2) is 9.84 Å². The Hall–Kier alpha value is -0.830. The van der Waals surface area contributed by atoms with Crippen molar-refractivity contribution in [2.24, 2.45) is 0 Å². The molecule has 2 nitrogen and oxygen atoms in total. The van der Waals surface area contributed by atoms with Gasteiger partial charge in [0, 0.05) is 6.26 Å². The van der Waals surface area contributed by atoms with Crippen LogP contribution < -0.4 is 0 Å². The largest absolute Gasteiger partial charge is 0.229 e. The normalized spacial score (nSPS) is 11.4. The van der Waals surface area contributed by atoms with Crippen LogP contribution in [0.25, 0.3) is 0 Å². The quantitative estimate of drug-likeness (QED) is 0.662. The molecule has 1 aromatic carbocycles. The molecule has 0 aromatic heterocycles. The van der Waals surface area contributed by atoms with E-state index in [9.17, 15) is 8.42 Å². The molecule has 0 aliphatic rings. The van der Waals surface area contributed by atoms with Gasteiger partial charge in [-0.1, -0.05) is 24.3 Å². The summed E-state index contributed by atoms with van der Waals surface area (Å²) in [6.45, 7) is 0. The summed E-state index contributed by atoms with van der Waals surface area (Å²) in [5.74, 6) is 0.113. The molecular formula is C8H9O2S. The first-order chi connectivity index (χ1) is 5.08. The van der Waals surface area contributed by atoms with Gasteiger partial charge in [-0.05, 0) is 11.6 Å². The Morgan fingerprint density at radius 1 is 1.36 bits per heavy atom. The van der Waals surface area contributed by atoms with Crippen LogP contribution in [0.1, 0.15) is 5.56 Å². The minimum Gasteiger partial charge on any atom is -0.229 e. The first-order valence-corrected chi connectivity index (χ1v) is 5.27. The Morgan fingerprint density at radius 3 is 2.36 bits per heavy atom. The van der Waals surface area contributed by atoms with Crippen molar-refractivity contribution < 1.29 is 8.42 Å². The lowest BCUT2D eigenvalue weighted by atomic mass is 10.2. The molecule has 0 aliphatic carbocycles. The molecule has 0 amide bonds. The lowest BCUT2D eigenvalue weighted by Gasteiger charge is -1.96. The Labute approximate surface area is 66.8 Å². The summed E-state index contributed by atoms with van der Waals surface area (Å²) in [5, 5.41) is 0. The van der Waals surface area contributed by atoms with Gasteiger partial charge in [0.25, 0.3) is 0 Å². The average molecular weight is 169 g/mol. The molecule has 0 N–H and O–H groups in total. The van der Waals surface area contributed by atoms with Crippen molar-refractivity contribution in [3.05, 3.63) is 35.9 Å². The second-order valence-electron chi connectivity index (χ2n) is 2.48. The number of hydrogen-bond donors (Lipinski definition) is 0. The molecule has 1 radical (unpaired) electrons. The zero-order valence-electron chi connectivity index (χ0n) is 6.24. The predicted molar refractivity (Wildman–Crippen MR) is 43.8 cm³/mol. The smallest absolute Gasteiger partial charge is 0.151 e. The highest BCUT2D eigenvalue weighted by Gasteiger charge is 2.01. The fourth-order valence-corrected chi connectivity index (χ4v) is 1.62. The molecular weight excluding hydrogens is 160 g/mol. The van der Waals surface area contributed by atoms with Crippen LogP contribution in [0.2, 0.25) is 0 Å². The van der Waals surface area contributed by atoms with Crippen LogP contribution in [0.15, 0.2) is 24.3 Å². The first-order valence-electron chi connectivity index (χ1n) is 3.21. The van der Waals surface area contributed by atoms with E-state index in [0.717, 1.165) is 5.56 Å². The maximum atomic E-state index is 10.8. The van der Waals surface area contributed by atoms with E-state index in [2.05, 4.69) is 6.07 Å². The Kier molecular flexibility index (Phi) is 2.29. The number of benzene rings is 1. The van der Waals surface area contributed by atoms with Crippen molar-refractivity contribution in [1.82, 2.24) is 0 Å². The third-order valence-electron chi connectivity index (χ3n) is 1.22. The molecule has 1 rings (SSSR count). The zero-order chi connectivity index (χ0) is 8.32. The summed E-state index contributed by atoms with van der Waals surface area (Å²) in [6.07, 6.45) is 1.23. The monoisotopic (exact) mass is 169 g/mol. The number of sulfone groups is 1. The zero-order valence-corrected chi connectivity index (χ0v) is 7.06. The molecule has 1 aromatic rings. The highest BCUT2D eigenvalue weighted by molar-refractivity contribution is 7.89. The lowest BCUT2D eigenvalue weighted by Crippen LogP contribution is -1.99. The van der Waals surface area contributed by atoms with Crippen molar-refractivity contribution in [2.45, 2.75) is 5.75 Å². The summed E-state index contributed by atoms with van der Waals surface area (Å²) in [6, 6.07) is 9.74. The van der Waals surface area contributed by atoms with Gasteiger partial charge in [0.2, 0.25) is 0 Å². The average Bonchev–Trinajstić information content (AvgIpc) is 1.85. The molecule has 0 saturated heterocycles. The molecule has 59 valence electrons. The summed E-state index contributed by atoms with van der Waals surface area (Å²) in [7, 11) is -2.89. The molecule has 0 saturated carbocycles. The van der Waals surface area contributed by atoms with E-state index in [1.807, 2.05) is 0 Å². The van der Waals surface area contributed by atoms with Gasteiger partial charge < -0.3 is 0 Å². The van der Waals surface area contributed by atoms with Crippen molar-refractivity contribution in [3.63, 3.8) is 0 Å². The van der Waals surface area contributed by atoms with Gasteiger partial charge in [-0.2, -0.15) is 0 Å². The van der Waals surface area contributed by atoms with Crippen molar-refractivity contribution in [3.8, 4) is 0 Å². The third kappa shape index (κ3) is 3.18. The van der Waals surface area contributed by atoms with Gasteiger partial charge >= 0.3 is 0 Å². The van der Waals surface area contributed by atoms with Crippen molar-refractivity contribution in [2.75, 3.05) is 6.26 Å². The minimum atomic E-state index is -2.89. The number of hydrogen-bond acceptors (Lipinski definition) is 2. The summed E-state index contributed by atoms with van der Waals surface area (Å²) in [4.78, 5) is 0. The molecule has 0 atom stereocenters. The second-order valence-corrected chi connectivity index (χ2v) is 4.62. The maximum absolute atomic E-state index is 10.8. The topological polar surface area (TPSA) is 34.1 Å². The molecule has 11 heavy (non-hydrogen) atoms. The van der Waals surface area contributed by atoms with Crippen LogP contribution in [0.4, 0.5) is 0 Å². The molecule has 0 aliphatic heterocycles. The Bertz CT molecular complexity index is 313. The molecule has 0 unspecified atom stereocenters. The van der Waals surface area contributed by atoms with E-state index in [-0.39, 0.29) is 5.75 Å². The summed E-state index contributed by atoms with van der Waals surface area (Å²) >= 11 is 0. The molecule has 0 spiro atoms. The van der Waals surface area contributed by atoms with Gasteiger partial charge in [-0.15, -0.1) is 0 Å². The molecule has 3 heteroatoms. The van der Waals surface area contributed by atoms with Gasteiger partial charge in [-0.3, -0.25) is 0 Å². The maximum Gasteiger partial charge on any atom is 0.151 e. The highest BCUT2D eigenvalue weighted by atomic mass is 32.2. The van der Waals surface area contributed by atoms with Crippen LogP contribution >= 0.6 is 0 Å². The first kappa shape index (κ1) is 8.27. The fourth-order valence-electron chi connectivity index (χ4n) is 0.820. The SMILES string of the molecule is CS(=O)(=O)Cc1cc[c]cc1. The van der Waals surface area contributed by atoms with Crippen LogP contribution in [-0.4, -0.2) is 14.7 Å². The van der Waals surface area contributed by atoms with Crippen LogP contribution in [0.5, 0.6) is 0 Å². The van der Waals surface area contributed by atoms with Crippen LogP contribution in [-0.2, 0) is 15.6 Å². The summed E-state index contributed by atoms with van der Waals surface area (Å²) < 4.78 is 21.6. The van der Waals surface area contributed by atoms with E-state index in [4.69, 9.17) is 0 Å². The van der Waals surface area contributed by atoms with E-state index < -0.39 is 9.84 Å². The molecule has 0 heterocycles. The van der Waals surface area contributed by atoms with Crippen molar-refractivity contribution >= 4 is 9.84 Å². The standard InChI is InChI=1S/C8H9O2S/c1-11(9,10)7-8-5-3-2-4-6-8/h3-6H,7H2,1H3. The molecule has 0 bridgehead atoms. The van der Waals surface area contributed by atoms with Crippen LogP contribution in [0, 0.1) is 6.07 Å². The van der Waals surface area contributed by atoms with E-state index in [1.165, 1.54) is 6.26 Å². The van der Waals surface area contributed by atoms with Crippen LogP contribution in [0.3, 0.4) is 0 Å². The predicted octanol–water partition coefficient (Wildman–Crippen LogP) is 1.03. The molecule has 0 fully saturated rings. The second kappa shape index (κ2) is 3.05. The van der Waals surface area contributed by atoms with E-state index in [1.54, 1.807) is 24.3 Å². The van der Waals surface area contributed by atoms with Gasteiger partial charge in [0.1, 0.15) is 0 Å². The lowest BCUT2D eigenvalue weighted by molar-refractivity contribution is 0.601. The van der Waals surface area contributed by atoms with Crippen molar-refractivity contribution in [1.29, 1.82) is 0 Å².